The average Bonchev–Trinajstić information content (AvgIpc) is 1.90. The highest BCUT2D eigenvalue weighted by molar-refractivity contribution is 6.19. The summed E-state index contributed by atoms with van der Waals surface area (Å²) in [7, 11) is 0. The Morgan fingerprint density at radius 1 is 1.44 bits per heavy atom. The van der Waals surface area contributed by atoms with Crippen LogP contribution in [0.2, 0.25) is 0 Å². The van der Waals surface area contributed by atoms with Gasteiger partial charge in [0.1, 0.15) is 6.23 Å². The van der Waals surface area contributed by atoms with Crippen LogP contribution in [0.15, 0.2) is 0 Å². The molecule has 0 amide bonds. The standard InChI is InChI=1S/C5H11Cl2NO/c1-2-5(9)8(3-6)4-7/h5,9H,2-4H2,1H3. The molecule has 0 bridgehead atoms. The van der Waals surface area contributed by atoms with Crippen LogP contribution in [0.3, 0.4) is 0 Å². The van der Waals surface area contributed by atoms with Crippen molar-refractivity contribution >= 4 is 23.2 Å². The number of nitrogens with zero attached hydrogens (tertiary/aromatic N) is 1. The largest absolute Gasteiger partial charge is 0.378 e. The summed E-state index contributed by atoms with van der Waals surface area (Å²) in [6, 6.07) is 0.553. The Kier molecular flexibility index (Phi) is 5.59. The molecule has 2 nitrogen and oxygen atoms in total. The van der Waals surface area contributed by atoms with Crippen LogP contribution in [-0.4, -0.2) is 28.2 Å². The van der Waals surface area contributed by atoms with E-state index >= 15 is 0 Å². The second-order valence-corrected chi connectivity index (χ2v) is 2.19. The van der Waals surface area contributed by atoms with E-state index in [4.69, 9.17) is 28.3 Å². The molecule has 0 aromatic heterocycles. The Labute approximate surface area is 65.4 Å². The second kappa shape index (κ2) is 5.30. The van der Waals surface area contributed by atoms with Crippen molar-refractivity contribution in [2.24, 2.45) is 0 Å². The van der Waals surface area contributed by atoms with Gasteiger partial charge in [0.25, 0.3) is 0 Å². The van der Waals surface area contributed by atoms with Gasteiger partial charge in [-0.1, -0.05) is 6.92 Å². The van der Waals surface area contributed by atoms with Gasteiger partial charge in [0.15, 0.2) is 0 Å². The maximum atomic E-state index is 9.07. The zero-order valence-electron chi connectivity index (χ0n) is 5.35. The molecule has 0 saturated heterocycles. The minimum Gasteiger partial charge on any atom is -0.378 e. The molecule has 4 heteroatoms. The predicted octanol–water partition coefficient (Wildman–Crippen LogP) is 1.41. The Bertz CT molecular complexity index is 68.0. The number of hydrogen-bond donors (Lipinski definition) is 1. The summed E-state index contributed by atoms with van der Waals surface area (Å²) >= 11 is 10.8. The highest BCUT2D eigenvalue weighted by Crippen LogP contribution is 2.02. The molecule has 0 radical (unpaired) electrons. The van der Waals surface area contributed by atoms with E-state index < -0.39 is 6.23 Å². The molecule has 56 valence electrons. The SMILES string of the molecule is CCC(O)N(CCl)CCl. The Hall–Kier alpha value is 0.500. The van der Waals surface area contributed by atoms with Gasteiger partial charge in [-0.15, -0.1) is 23.2 Å². The lowest BCUT2D eigenvalue weighted by atomic mass is 10.4. The van der Waals surface area contributed by atoms with Crippen LogP contribution in [0.1, 0.15) is 13.3 Å². The highest BCUT2D eigenvalue weighted by atomic mass is 35.5. The van der Waals surface area contributed by atoms with Crippen LogP contribution in [0.25, 0.3) is 0 Å². The first-order chi connectivity index (χ1) is 4.26. The molecular weight excluding hydrogens is 161 g/mol. The van der Waals surface area contributed by atoms with Crippen molar-refractivity contribution < 1.29 is 5.11 Å². The lowest BCUT2D eigenvalue weighted by Gasteiger charge is -2.20. The summed E-state index contributed by atoms with van der Waals surface area (Å²) in [4.78, 5) is 1.56. The molecule has 0 heterocycles. The molecule has 0 rings (SSSR count). The molecule has 0 aromatic carbocycles. The second-order valence-electron chi connectivity index (χ2n) is 1.72. The molecule has 0 aromatic rings. The van der Waals surface area contributed by atoms with E-state index in [1.807, 2.05) is 6.92 Å². The normalized spacial score (nSPS) is 14.3. The maximum absolute atomic E-state index is 9.07. The minimum atomic E-state index is -0.500. The van der Waals surface area contributed by atoms with Gasteiger partial charge in [-0.3, -0.25) is 4.90 Å². The summed E-state index contributed by atoms with van der Waals surface area (Å²) in [5.74, 6) is 0. The number of halogens is 2. The molecule has 0 saturated carbocycles. The lowest BCUT2D eigenvalue weighted by molar-refractivity contribution is 0.0266. The Morgan fingerprint density at radius 3 is 2.00 bits per heavy atom. The van der Waals surface area contributed by atoms with Crippen molar-refractivity contribution in [3.8, 4) is 0 Å². The van der Waals surface area contributed by atoms with E-state index in [0.29, 0.717) is 6.42 Å². The van der Waals surface area contributed by atoms with Crippen LogP contribution < -0.4 is 0 Å². The van der Waals surface area contributed by atoms with Crippen molar-refractivity contribution in [3.63, 3.8) is 0 Å². The van der Waals surface area contributed by atoms with Crippen molar-refractivity contribution in [2.75, 3.05) is 12.0 Å². The van der Waals surface area contributed by atoms with Gasteiger partial charge < -0.3 is 5.11 Å². The summed E-state index contributed by atoms with van der Waals surface area (Å²) < 4.78 is 0. The van der Waals surface area contributed by atoms with Crippen LogP contribution in [0.5, 0.6) is 0 Å². The molecule has 0 spiro atoms. The average molecular weight is 172 g/mol. The van der Waals surface area contributed by atoms with Crippen molar-refractivity contribution in [1.29, 1.82) is 0 Å². The van der Waals surface area contributed by atoms with Gasteiger partial charge in [-0.25, -0.2) is 0 Å². The summed E-state index contributed by atoms with van der Waals surface area (Å²) in [6.45, 7) is 1.87. The monoisotopic (exact) mass is 171 g/mol. The molecule has 1 unspecified atom stereocenters. The molecule has 1 N–H and O–H groups in total. The van der Waals surface area contributed by atoms with Gasteiger partial charge in [0.05, 0.1) is 12.0 Å². The molecule has 1 atom stereocenters. The maximum Gasteiger partial charge on any atom is 0.109 e. The molecular formula is C5H11Cl2NO. The van der Waals surface area contributed by atoms with E-state index in [9.17, 15) is 0 Å². The van der Waals surface area contributed by atoms with Crippen molar-refractivity contribution in [3.05, 3.63) is 0 Å². The zero-order valence-corrected chi connectivity index (χ0v) is 6.86. The van der Waals surface area contributed by atoms with E-state index in [0.717, 1.165) is 0 Å². The molecule has 0 aliphatic rings. The summed E-state index contributed by atoms with van der Waals surface area (Å²) in [6.07, 6.45) is 0.152. The fraction of sp³-hybridized carbons (Fsp3) is 1.00. The number of aliphatic hydroxyl groups is 1. The molecule has 9 heavy (non-hydrogen) atoms. The van der Waals surface area contributed by atoms with Crippen LogP contribution in [-0.2, 0) is 0 Å². The number of aliphatic hydroxyl groups excluding tert-OH is 1. The van der Waals surface area contributed by atoms with Crippen LogP contribution in [0, 0.1) is 0 Å². The number of alkyl halides is 2. The fourth-order valence-corrected chi connectivity index (χ4v) is 1.02. The van der Waals surface area contributed by atoms with E-state index in [2.05, 4.69) is 0 Å². The third kappa shape index (κ3) is 3.26. The number of hydrogen-bond acceptors (Lipinski definition) is 2. The quantitative estimate of drug-likeness (QED) is 0.393. The fourth-order valence-electron chi connectivity index (χ4n) is 0.449. The topological polar surface area (TPSA) is 23.5 Å². The smallest absolute Gasteiger partial charge is 0.109 e. The van der Waals surface area contributed by atoms with Crippen LogP contribution >= 0.6 is 23.2 Å². The van der Waals surface area contributed by atoms with Crippen molar-refractivity contribution in [1.82, 2.24) is 4.90 Å². The first kappa shape index (κ1) is 9.50. The van der Waals surface area contributed by atoms with Gasteiger partial charge in [-0.05, 0) is 6.42 Å². The molecule has 0 fully saturated rings. The first-order valence-corrected chi connectivity index (χ1v) is 3.87. The van der Waals surface area contributed by atoms with E-state index in [1.54, 1.807) is 4.90 Å². The van der Waals surface area contributed by atoms with E-state index in [-0.39, 0.29) is 12.0 Å². The minimum absolute atomic E-state index is 0.276. The van der Waals surface area contributed by atoms with Crippen LogP contribution in [0.4, 0.5) is 0 Å². The van der Waals surface area contributed by atoms with Crippen molar-refractivity contribution in [2.45, 2.75) is 19.6 Å². The number of rotatable bonds is 4. The van der Waals surface area contributed by atoms with Gasteiger partial charge >= 0.3 is 0 Å². The zero-order chi connectivity index (χ0) is 7.28. The van der Waals surface area contributed by atoms with E-state index in [1.165, 1.54) is 0 Å². The molecule has 0 aliphatic carbocycles. The van der Waals surface area contributed by atoms with Gasteiger partial charge in [0.2, 0.25) is 0 Å². The predicted molar refractivity (Wildman–Crippen MR) is 39.6 cm³/mol. The third-order valence-corrected chi connectivity index (χ3v) is 1.71. The summed E-state index contributed by atoms with van der Waals surface area (Å²) in [5.41, 5.74) is 0. The highest BCUT2D eigenvalue weighted by Gasteiger charge is 2.09. The lowest BCUT2D eigenvalue weighted by Crippen LogP contribution is -2.32. The van der Waals surface area contributed by atoms with Gasteiger partial charge in [-0.2, -0.15) is 0 Å². The summed E-state index contributed by atoms with van der Waals surface area (Å²) in [5, 5.41) is 9.07. The first-order valence-electron chi connectivity index (χ1n) is 2.80. The third-order valence-electron chi connectivity index (χ3n) is 1.09. The molecule has 0 aliphatic heterocycles. The Balaban J connectivity index is 3.50. The van der Waals surface area contributed by atoms with Gasteiger partial charge in [0, 0.05) is 0 Å². The Morgan fingerprint density at radius 2 is 1.89 bits per heavy atom.